The summed E-state index contributed by atoms with van der Waals surface area (Å²) < 4.78 is 5.69. The molecule has 1 aromatic carbocycles. The molecule has 2 heterocycles. The van der Waals surface area contributed by atoms with Crippen molar-refractivity contribution in [1.82, 2.24) is 15.0 Å². The number of aromatic amines is 2. The van der Waals surface area contributed by atoms with Crippen LogP contribution in [0.15, 0.2) is 41.3 Å². The fraction of sp³-hybridized carbons (Fsp3) is 0. The Kier molecular flexibility index (Phi) is 2.92. The van der Waals surface area contributed by atoms with Crippen molar-refractivity contribution in [2.45, 2.75) is 0 Å². The number of aromatic nitrogens is 3. The summed E-state index contributed by atoms with van der Waals surface area (Å²) in [7, 11) is 0. The molecule has 1 amide bonds. The number of carbonyl (C=O) groups excluding carboxylic acids is 1. The van der Waals surface area contributed by atoms with Gasteiger partial charge in [-0.25, -0.2) is 9.78 Å². The Balaban J connectivity index is 1.92. The second-order valence-corrected chi connectivity index (χ2v) is 4.00. The smallest absolute Gasteiger partial charge is 0.325 e. The number of carbonyl (C=O) groups is 1. The van der Waals surface area contributed by atoms with Crippen LogP contribution in [0.25, 0.3) is 11.2 Å². The third-order valence-electron chi connectivity index (χ3n) is 2.69. The molecule has 0 bridgehead atoms. The van der Waals surface area contributed by atoms with Gasteiger partial charge >= 0.3 is 5.69 Å². The number of nitrogens with zero attached hydrogens (tertiary/aromatic N) is 1. The van der Waals surface area contributed by atoms with Crippen molar-refractivity contribution >= 4 is 23.3 Å². The summed E-state index contributed by atoms with van der Waals surface area (Å²) in [6.07, 6.45) is 2.15. The number of anilines is 1. The number of rotatable bonds is 4. The molecule has 0 radical (unpaired) electrons. The lowest BCUT2D eigenvalue weighted by Gasteiger charge is -2.06. The van der Waals surface area contributed by atoms with Gasteiger partial charge in [0.25, 0.3) is 0 Å². The number of pyridine rings is 1. The Bertz CT molecular complexity index is 804. The number of fused-ring (bicyclic) bond motifs is 1. The summed E-state index contributed by atoms with van der Waals surface area (Å²) >= 11 is 0. The van der Waals surface area contributed by atoms with E-state index in [4.69, 9.17) is 4.74 Å². The van der Waals surface area contributed by atoms with E-state index in [1.54, 1.807) is 36.5 Å². The molecule has 0 fully saturated rings. The number of ether oxygens (including phenoxy) is 1. The Labute approximate surface area is 112 Å². The SMILES string of the molecule is O=CNc1ccc(Oc2ccnc3[nH]c(=O)[nH]c23)cc1. The van der Waals surface area contributed by atoms with Crippen molar-refractivity contribution < 1.29 is 9.53 Å². The van der Waals surface area contributed by atoms with E-state index in [9.17, 15) is 9.59 Å². The van der Waals surface area contributed by atoms with Gasteiger partial charge in [0.15, 0.2) is 11.4 Å². The molecule has 0 aliphatic carbocycles. The molecule has 2 aromatic heterocycles. The van der Waals surface area contributed by atoms with E-state index in [1.807, 2.05) is 0 Å². The largest absolute Gasteiger partial charge is 0.455 e. The normalized spacial score (nSPS) is 10.4. The first-order valence-electron chi connectivity index (χ1n) is 5.81. The highest BCUT2D eigenvalue weighted by molar-refractivity contribution is 5.77. The maximum absolute atomic E-state index is 11.3. The molecular formula is C13H10N4O3. The van der Waals surface area contributed by atoms with Gasteiger partial charge in [-0.1, -0.05) is 0 Å². The van der Waals surface area contributed by atoms with Gasteiger partial charge in [0.1, 0.15) is 11.3 Å². The van der Waals surface area contributed by atoms with Crippen molar-refractivity contribution in [2.75, 3.05) is 5.32 Å². The first kappa shape index (κ1) is 12.0. The molecule has 0 aliphatic heterocycles. The summed E-state index contributed by atoms with van der Waals surface area (Å²) in [6.45, 7) is 0. The van der Waals surface area contributed by atoms with Crippen LogP contribution in [-0.2, 0) is 4.79 Å². The van der Waals surface area contributed by atoms with E-state index >= 15 is 0 Å². The van der Waals surface area contributed by atoms with Crippen molar-refractivity contribution in [3.63, 3.8) is 0 Å². The summed E-state index contributed by atoms with van der Waals surface area (Å²) in [5.41, 5.74) is 1.27. The number of hydrogen-bond donors (Lipinski definition) is 3. The molecule has 7 nitrogen and oxygen atoms in total. The highest BCUT2D eigenvalue weighted by Gasteiger charge is 2.07. The van der Waals surface area contributed by atoms with Crippen LogP contribution in [-0.4, -0.2) is 21.4 Å². The van der Waals surface area contributed by atoms with E-state index in [1.165, 1.54) is 0 Å². The summed E-state index contributed by atoms with van der Waals surface area (Å²) in [5.74, 6) is 1.07. The van der Waals surface area contributed by atoms with Crippen LogP contribution in [0.5, 0.6) is 11.5 Å². The zero-order chi connectivity index (χ0) is 13.9. The first-order valence-corrected chi connectivity index (χ1v) is 5.81. The lowest BCUT2D eigenvalue weighted by molar-refractivity contribution is -0.105. The lowest BCUT2D eigenvalue weighted by atomic mass is 10.3. The van der Waals surface area contributed by atoms with E-state index < -0.39 is 0 Å². The van der Waals surface area contributed by atoms with Crippen molar-refractivity contribution in [3.8, 4) is 11.5 Å². The molecular weight excluding hydrogens is 260 g/mol. The second-order valence-electron chi connectivity index (χ2n) is 4.00. The minimum atomic E-state index is -0.339. The number of amides is 1. The van der Waals surface area contributed by atoms with Gasteiger partial charge in [0.2, 0.25) is 6.41 Å². The molecule has 0 unspecified atom stereocenters. The summed E-state index contributed by atoms with van der Waals surface area (Å²) in [5, 5.41) is 2.53. The van der Waals surface area contributed by atoms with Gasteiger partial charge < -0.3 is 15.0 Å². The van der Waals surface area contributed by atoms with E-state index in [0.29, 0.717) is 34.8 Å². The highest BCUT2D eigenvalue weighted by atomic mass is 16.5. The van der Waals surface area contributed by atoms with Gasteiger partial charge in [-0.15, -0.1) is 0 Å². The predicted molar refractivity (Wildman–Crippen MR) is 72.9 cm³/mol. The monoisotopic (exact) mass is 270 g/mol. The second kappa shape index (κ2) is 4.88. The van der Waals surface area contributed by atoms with Gasteiger partial charge in [-0.2, -0.15) is 0 Å². The zero-order valence-electron chi connectivity index (χ0n) is 10.2. The molecule has 0 atom stereocenters. The van der Waals surface area contributed by atoms with Gasteiger partial charge in [0, 0.05) is 18.0 Å². The fourth-order valence-corrected chi connectivity index (χ4v) is 1.81. The molecule has 100 valence electrons. The van der Waals surface area contributed by atoms with Crippen LogP contribution in [0.1, 0.15) is 0 Å². The van der Waals surface area contributed by atoms with Gasteiger partial charge in [-0.05, 0) is 24.3 Å². The zero-order valence-corrected chi connectivity index (χ0v) is 10.2. The molecule has 0 aliphatic rings. The first-order chi connectivity index (χ1) is 9.76. The van der Waals surface area contributed by atoms with Crippen LogP contribution in [0, 0.1) is 0 Å². The van der Waals surface area contributed by atoms with E-state index in [-0.39, 0.29) is 5.69 Å². The third-order valence-corrected chi connectivity index (χ3v) is 2.69. The number of nitrogens with one attached hydrogen (secondary N) is 3. The molecule has 3 rings (SSSR count). The number of benzene rings is 1. The molecule has 0 saturated carbocycles. The Hall–Kier alpha value is -3.09. The molecule has 3 N–H and O–H groups in total. The van der Waals surface area contributed by atoms with E-state index in [0.717, 1.165) is 0 Å². The van der Waals surface area contributed by atoms with Crippen molar-refractivity contribution in [1.29, 1.82) is 0 Å². The van der Waals surface area contributed by atoms with Crippen molar-refractivity contribution in [3.05, 3.63) is 47.0 Å². The van der Waals surface area contributed by atoms with Crippen molar-refractivity contribution in [2.24, 2.45) is 0 Å². The standard InChI is InChI=1S/C13H10N4O3/c18-7-15-8-1-3-9(4-2-8)20-10-5-6-14-12-11(10)16-13(19)17-12/h1-7H,(H,15,18)(H2,14,16,17,19). The Morgan fingerprint density at radius 1 is 1.15 bits per heavy atom. The van der Waals surface area contributed by atoms with E-state index in [2.05, 4.69) is 20.3 Å². The predicted octanol–water partition coefficient (Wildman–Crippen LogP) is 1.61. The Morgan fingerprint density at radius 2 is 1.95 bits per heavy atom. The average molecular weight is 270 g/mol. The van der Waals surface area contributed by atoms with Crippen LogP contribution >= 0.6 is 0 Å². The van der Waals surface area contributed by atoms with Crippen LogP contribution in [0.2, 0.25) is 0 Å². The number of hydrogen-bond acceptors (Lipinski definition) is 4. The molecule has 0 saturated heterocycles. The number of H-pyrrole nitrogens is 2. The molecule has 7 heteroatoms. The van der Waals surface area contributed by atoms with Crippen LogP contribution in [0.3, 0.4) is 0 Å². The Morgan fingerprint density at radius 3 is 2.70 bits per heavy atom. The lowest BCUT2D eigenvalue weighted by Crippen LogP contribution is -1.99. The molecule has 20 heavy (non-hydrogen) atoms. The topological polar surface area (TPSA) is 99.9 Å². The van der Waals surface area contributed by atoms with Gasteiger partial charge in [0.05, 0.1) is 0 Å². The summed E-state index contributed by atoms with van der Waals surface area (Å²) in [4.78, 5) is 30.8. The average Bonchev–Trinajstić information content (AvgIpc) is 2.83. The maximum atomic E-state index is 11.3. The van der Waals surface area contributed by atoms with Crippen LogP contribution < -0.4 is 15.7 Å². The minimum Gasteiger partial charge on any atom is -0.455 e. The van der Waals surface area contributed by atoms with Crippen LogP contribution in [0.4, 0.5) is 5.69 Å². The minimum absolute atomic E-state index is 0.339. The molecule has 0 spiro atoms. The quantitative estimate of drug-likeness (QED) is 0.627. The maximum Gasteiger partial charge on any atom is 0.325 e. The third kappa shape index (κ3) is 2.24. The van der Waals surface area contributed by atoms with Gasteiger partial charge in [-0.3, -0.25) is 9.78 Å². The summed E-state index contributed by atoms with van der Waals surface area (Å²) in [6, 6.07) is 8.50. The molecule has 3 aromatic rings. The highest BCUT2D eigenvalue weighted by Crippen LogP contribution is 2.26. The fourth-order valence-electron chi connectivity index (χ4n) is 1.81. The number of imidazole rings is 1.